The largest absolute Gasteiger partial charge is 0.373 e. The molecule has 15 heavy (non-hydrogen) atoms. The molecule has 1 unspecified atom stereocenters. The molecular weight excluding hydrogens is 190 g/mol. The lowest BCUT2D eigenvalue weighted by molar-refractivity contribution is 0.0422. The van der Waals surface area contributed by atoms with Crippen molar-refractivity contribution in [2.45, 2.75) is 6.10 Å². The van der Waals surface area contributed by atoms with Crippen LogP contribution in [0.25, 0.3) is 0 Å². The number of likely N-dealkylation sites (N-methyl/N-ethyl adjacent to an activating group) is 1. The molecule has 0 spiro atoms. The van der Waals surface area contributed by atoms with Crippen molar-refractivity contribution in [1.29, 1.82) is 0 Å². The van der Waals surface area contributed by atoms with Gasteiger partial charge in [0.25, 0.3) is 0 Å². The first-order chi connectivity index (χ1) is 7.40. The number of aromatic nitrogens is 1. The van der Waals surface area contributed by atoms with E-state index in [1.165, 1.54) is 5.69 Å². The second-order valence-corrected chi connectivity index (χ2v) is 3.70. The van der Waals surface area contributed by atoms with Crippen LogP contribution in [0.5, 0.6) is 0 Å². The van der Waals surface area contributed by atoms with Gasteiger partial charge in [0, 0.05) is 37.7 Å². The second-order valence-electron chi connectivity index (χ2n) is 3.70. The number of anilines is 1. The predicted molar refractivity (Wildman–Crippen MR) is 60.1 cm³/mol. The van der Waals surface area contributed by atoms with Crippen molar-refractivity contribution in [3.8, 4) is 0 Å². The molecule has 0 bridgehead atoms. The molecule has 2 rings (SSSR count). The standard InChI is InChI=1S/C11H17N3O/c1-12-8-11-9-14(6-7-15-11)10-2-4-13-5-3-10/h2-5,11-12H,6-9H2,1H3. The molecule has 1 atom stereocenters. The van der Waals surface area contributed by atoms with Gasteiger partial charge in [0.15, 0.2) is 0 Å². The Morgan fingerprint density at radius 1 is 1.53 bits per heavy atom. The van der Waals surface area contributed by atoms with Crippen LogP contribution in [0, 0.1) is 0 Å². The summed E-state index contributed by atoms with van der Waals surface area (Å²) in [6.07, 6.45) is 3.95. The first-order valence-electron chi connectivity index (χ1n) is 5.31. The van der Waals surface area contributed by atoms with Crippen LogP contribution in [0.15, 0.2) is 24.5 Å². The minimum absolute atomic E-state index is 0.289. The summed E-state index contributed by atoms with van der Waals surface area (Å²) >= 11 is 0. The number of hydrogen-bond acceptors (Lipinski definition) is 4. The number of ether oxygens (including phenoxy) is 1. The van der Waals surface area contributed by atoms with E-state index in [2.05, 4.69) is 15.2 Å². The highest BCUT2D eigenvalue weighted by molar-refractivity contribution is 5.45. The minimum Gasteiger partial charge on any atom is -0.373 e. The van der Waals surface area contributed by atoms with E-state index in [4.69, 9.17) is 4.74 Å². The van der Waals surface area contributed by atoms with E-state index < -0.39 is 0 Å². The lowest BCUT2D eigenvalue weighted by Gasteiger charge is -2.34. The van der Waals surface area contributed by atoms with Gasteiger partial charge < -0.3 is 15.0 Å². The Kier molecular flexibility index (Phi) is 3.53. The summed E-state index contributed by atoms with van der Waals surface area (Å²) in [6, 6.07) is 4.09. The summed E-state index contributed by atoms with van der Waals surface area (Å²) in [7, 11) is 1.95. The van der Waals surface area contributed by atoms with Gasteiger partial charge in [-0.2, -0.15) is 0 Å². The molecule has 1 N–H and O–H groups in total. The van der Waals surface area contributed by atoms with E-state index >= 15 is 0 Å². The van der Waals surface area contributed by atoms with Gasteiger partial charge in [-0.25, -0.2) is 0 Å². The van der Waals surface area contributed by atoms with E-state index in [9.17, 15) is 0 Å². The molecule has 4 heteroatoms. The molecule has 1 aromatic rings. The molecule has 1 aliphatic heterocycles. The molecule has 0 amide bonds. The molecular formula is C11H17N3O. The minimum atomic E-state index is 0.289. The fourth-order valence-corrected chi connectivity index (χ4v) is 1.86. The van der Waals surface area contributed by atoms with Crippen molar-refractivity contribution in [3.63, 3.8) is 0 Å². The Labute approximate surface area is 90.3 Å². The lowest BCUT2D eigenvalue weighted by atomic mass is 10.2. The second kappa shape index (κ2) is 5.09. The molecule has 1 aliphatic rings. The predicted octanol–water partition coefficient (Wildman–Crippen LogP) is 0.506. The fourth-order valence-electron chi connectivity index (χ4n) is 1.86. The van der Waals surface area contributed by atoms with E-state index in [1.54, 1.807) is 0 Å². The highest BCUT2D eigenvalue weighted by Crippen LogP contribution is 2.15. The van der Waals surface area contributed by atoms with Crippen LogP contribution in [-0.4, -0.2) is 44.4 Å². The third kappa shape index (κ3) is 2.67. The summed E-state index contributed by atoms with van der Waals surface area (Å²) < 4.78 is 5.65. The fraction of sp³-hybridized carbons (Fsp3) is 0.545. The highest BCUT2D eigenvalue weighted by Gasteiger charge is 2.19. The molecule has 0 aromatic carbocycles. The summed E-state index contributed by atoms with van der Waals surface area (Å²) in [6.45, 7) is 3.62. The molecule has 0 aliphatic carbocycles. The van der Waals surface area contributed by atoms with Crippen LogP contribution in [0.1, 0.15) is 0 Å². The molecule has 0 radical (unpaired) electrons. The van der Waals surface area contributed by atoms with Gasteiger partial charge in [0.1, 0.15) is 0 Å². The maximum atomic E-state index is 5.65. The summed E-state index contributed by atoms with van der Waals surface area (Å²) in [5.74, 6) is 0. The van der Waals surface area contributed by atoms with Gasteiger partial charge in [-0.1, -0.05) is 0 Å². The van der Waals surface area contributed by atoms with Gasteiger partial charge in [-0.05, 0) is 19.2 Å². The Balaban J connectivity index is 1.98. The quantitative estimate of drug-likeness (QED) is 0.783. The molecule has 1 aromatic heterocycles. The number of morpholine rings is 1. The zero-order valence-corrected chi connectivity index (χ0v) is 9.02. The van der Waals surface area contributed by atoms with Gasteiger partial charge >= 0.3 is 0 Å². The average molecular weight is 207 g/mol. The van der Waals surface area contributed by atoms with E-state index in [-0.39, 0.29) is 6.10 Å². The van der Waals surface area contributed by atoms with Crippen molar-refractivity contribution in [2.75, 3.05) is 38.2 Å². The number of nitrogens with zero attached hydrogens (tertiary/aromatic N) is 2. The SMILES string of the molecule is CNCC1CN(c2ccncc2)CCO1. The Morgan fingerprint density at radius 3 is 3.07 bits per heavy atom. The van der Waals surface area contributed by atoms with Crippen LogP contribution < -0.4 is 10.2 Å². The molecule has 0 saturated carbocycles. The highest BCUT2D eigenvalue weighted by atomic mass is 16.5. The normalized spacial score (nSPS) is 21.7. The summed E-state index contributed by atoms with van der Waals surface area (Å²) in [5.41, 5.74) is 1.23. The topological polar surface area (TPSA) is 37.4 Å². The number of rotatable bonds is 3. The molecule has 1 fully saturated rings. The van der Waals surface area contributed by atoms with Crippen molar-refractivity contribution in [1.82, 2.24) is 10.3 Å². The van der Waals surface area contributed by atoms with E-state index in [1.807, 2.05) is 31.6 Å². The van der Waals surface area contributed by atoms with Gasteiger partial charge in [0.05, 0.1) is 12.7 Å². The van der Waals surface area contributed by atoms with Crippen molar-refractivity contribution < 1.29 is 4.74 Å². The maximum absolute atomic E-state index is 5.65. The van der Waals surface area contributed by atoms with Crippen LogP contribution in [-0.2, 0) is 4.74 Å². The van der Waals surface area contributed by atoms with Crippen LogP contribution in [0.4, 0.5) is 5.69 Å². The van der Waals surface area contributed by atoms with Crippen LogP contribution in [0.2, 0.25) is 0 Å². The zero-order chi connectivity index (χ0) is 10.5. The summed E-state index contributed by atoms with van der Waals surface area (Å²) in [4.78, 5) is 6.37. The smallest absolute Gasteiger partial charge is 0.0874 e. The maximum Gasteiger partial charge on any atom is 0.0874 e. The Hall–Kier alpha value is -1.13. The zero-order valence-electron chi connectivity index (χ0n) is 9.02. The van der Waals surface area contributed by atoms with Gasteiger partial charge in [0.2, 0.25) is 0 Å². The Morgan fingerprint density at radius 2 is 2.33 bits per heavy atom. The first kappa shape index (κ1) is 10.4. The lowest BCUT2D eigenvalue weighted by Crippen LogP contribution is -2.46. The molecule has 4 nitrogen and oxygen atoms in total. The van der Waals surface area contributed by atoms with E-state index in [0.717, 1.165) is 26.2 Å². The van der Waals surface area contributed by atoms with Crippen molar-refractivity contribution in [3.05, 3.63) is 24.5 Å². The molecule has 2 heterocycles. The van der Waals surface area contributed by atoms with Gasteiger partial charge in [-0.15, -0.1) is 0 Å². The Bertz CT molecular complexity index is 289. The first-order valence-corrected chi connectivity index (χ1v) is 5.31. The summed E-state index contributed by atoms with van der Waals surface area (Å²) in [5, 5.41) is 3.15. The number of nitrogens with one attached hydrogen (secondary N) is 1. The third-order valence-electron chi connectivity index (χ3n) is 2.60. The monoisotopic (exact) mass is 207 g/mol. The average Bonchev–Trinajstić information content (AvgIpc) is 2.31. The van der Waals surface area contributed by atoms with E-state index in [0.29, 0.717) is 0 Å². The molecule has 1 saturated heterocycles. The molecule has 82 valence electrons. The third-order valence-corrected chi connectivity index (χ3v) is 2.60. The van der Waals surface area contributed by atoms with Crippen molar-refractivity contribution in [2.24, 2.45) is 0 Å². The van der Waals surface area contributed by atoms with Crippen LogP contribution >= 0.6 is 0 Å². The van der Waals surface area contributed by atoms with Gasteiger partial charge in [-0.3, -0.25) is 4.98 Å². The number of pyridine rings is 1. The van der Waals surface area contributed by atoms with Crippen molar-refractivity contribution >= 4 is 5.69 Å². The van der Waals surface area contributed by atoms with Crippen LogP contribution in [0.3, 0.4) is 0 Å². The number of hydrogen-bond donors (Lipinski definition) is 1.